The Morgan fingerprint density at radius 2 is 1.67 bits per heavy atom. The summed E-state index contributed by atoms with van der Waals surface area (Å²) in [4.78, 5) is 2.85. The van der Waals surface area contributed by atoms with Crippen molar-refractivity contribution in [2.45, 2.75) is 64.5 Å². The number of hydrogen-bond donors (Lipinski definition) is 1. The third kappa shape index (κ3) is 3.27. The second-order valence-electron chi connectivity index (χ2n) is 7.95. The molecule has 2 heteroatoms. The van der Waals surface area contributed by atoms with E-state index in [2.05, 4.69) is 31.0 Å². The Bertz CT molecular complexity index is 274. The second kappa shape index (κ2) is 4.79. The molecule has 0 radical (unpaired) electrons. The van der Waals surface area contributed by atoms with Gasteiger partial charge in [0, 0.05) is 18.1 Å². The van der Waals surface area contributed by atoms with E-state index in [0.29, 0.717) is 0 Å². The van der Waals surface area contributed by atoms with Gasteiger partial charge in [-0.15, -0.1) is 0 Å². The van der Waals surface area contributed by atoms with Crippen molar-refractivity contribution in [3.05, 3.63) is 0 Å². The lowest BCUT2D eigenvalue weighted by atomic mass is 10.0. The quantitative estimate of drug-likeness (QED) is 0.807. The van der Waals surface area contributed by atoms with Gasteiger partial charge in [-0.25, -0.2) is 0 Å². The average molecular weight is 250 g/mol. The first-order valence-electron chi connectivity index (χ1n) is 8.02. The summed E-state index contributed by atoms with van der Waals surface area (Å²) < 4.78 is 0. The van der Waals surface area contributed by atoms with Crippen molar-refractivity contribution in [3.63, 3.8) is 0 Å². The van der Waals surface area contributed by atoms with Crippen LogP contribution in [0.3, 0.4) is 0 Å². The summed E-state index contributed by atoms with van der Waals surface area (Å²) in [6.45, 7) is 10.8. The maximum absolute atomic E-state index is 3.69. The normalized spacial score (nSPS) is 30.3. The molecule has 0 aromatic heterocycles. The standard InChI is InChI=1S/C16H30N2/c1-16(2,3)17-10-12-8-9-18(11-12)15(13-4-5-13)14-6-7-14/h12-15,17H,4-11H2,1-3H3. The molecular weight excluding hydrogens is 220 g/mol. The zero-order valence-electron chi connectivity index (χ0n) is 12.4. The van der Waals surface area contributed by atoms with Crippen molar-refractivity contribution >= 4 is 0 Å². The number of rotatable bonds is 5. The Kier molecular flexibility index (Phi) is 3.44. The first-order valence-corrected chi connectivity index (χ1v) is 8.02. The van der Waals surface area contributed by atoms with E-state index in [0.717, 1.165) is 23.8 Å². The summed E-state index contributed by atoms with van der Waals surface area (Å²) in [5.74, 6) is 3.04. The maximum atomic E-state index is 3.69. The Morgan fingerprint density at radius 3 is 2.17 bits per heavy atom. The van der Waals surface area contributed by atoms with Crippen molar-refractivity contribution in [2.24, 2.45) is 17.8 Å². The highest BCUT2D eigenvalue weighted by Gasteiger charge is 2.46. The topological polar surface area (TPSA) is 15.3 Å². The number of nitrogens with one attached hydrogen (secondary N) is 1. The van der Waals surface area contributed by atoms with Crippen LogP contribution in [0.2, 0.25) is 0 Å². The van der Waals surface area contributed by atoms with E-state index in [-0.39, 0.29) is 5.54 Å². The molecule has 1 N–H and O–H groups in total. The summed E-state index contributed by atoms with van der Waals surface area (Å²) in [6, 6.07) is 0.977. The van der Waals surface area contributed by atoms with Crippen molar-refractivity contribution in [3.8, 4) is 0 Å². The second-order valence-corrected chi connectivity index (χ2v) is 7.95. The van der Waals surface area contributed by atoms with Crippen LogP contribution in [0, 0.1) is 17.8 Å². The van der Waals surface area contributed by atoms with E-state index < -0.39 is 0 Å². The zero-order chi connectivity index (χ0) is 12.8. The summed E-state index contributed by atoms with van der Waals surface area (Å²) in [6.07, 6.45) is 7.48. The molecule has 0 spiro atoms. The smallest absolute Gasteiger partial charge is 0.0152 e. The van der Waals surface area contributed by atoms with Gasteiger partial charge in [-0.3, -0.25) is 4.90 Å². The molecule has 104 valence electrons. The van der Waals surface area contributed by atoms with Gasteiger partial charge in [0.25, 0.3) is 0 Å². The van der Waals surface area contributed by atoms with E-state index in [4.69, 9.17) is 0 Å². The summed E-state index contributed by atoms with van der Waals surface area (Å²) in [5, 5.41) is 3.69. The molecule has 1 aliphatic heterocycles. The first-order chi connectivity index (χ1) is 8.53. The van der Waals surface area contributed by atoms with Crippen LogP contribution in [0.25, 0.3) is 0 Å². The molecular formula is C16H30N2. The molecule has 18 heavy (non-hydrogen) atoms. The Morgan fingerprint density at radius 1 is 1.06 bits per heavy atom. The molecule has 2 saturated carbocycles. The lowest BCUT2D eigenvalue weighted by Gasteiger charge is -2.28. The van der Waals surface area contributed by atoms with Crippen LogP contribution in [0.1, 0.15) is 52.9 Å². The van der Waals surface area contributed by atoms with Gasteiger partial charge in [-0.2, -0.15) is 0 Å². The number of nitrogens with zero attached hydrogens (tertiary/aromatic N) is 1. The zero-order valence-corrected chi connectivity index (χ0v) is 12.4. The van der Waals surface area contributed by atoms with Crippen LogP contribution in [0.5, 0.6) is 0 Å². The van der Waals surface area contributed by atoms with Gasteiger partial charge < -0.3 is 5.32 Å². The van der Waals surface area contributed by atoms with Crippen molar-refractivity contribution < 1.29 is 0 Å². The Hall–Kier alpha value is -0.0800. The monoisotopic (exact) mass is 250 g/mol. The summed E-state index contributed by atoms with van der Waals surface area (Å²) >= 11 is 0. The highest BCUT2D eigenvalue weighted by Crippen LogP contribution is 2.48. The molecule has 1 unspecified atom stereocenters. The molecule has 1 atom stereocenters. The average Bonchev–Trinajstić information content (AvgIpc) is 3.17. The van der Waals surface area contributed by atoms with Crippen LogP contribution in [-0.4, -0.2) is 36.1 Å². The van der Waals surface area contributed by atoms with E-state index in [9.17, 15) is 0 Å². The highest BCUT2D eigenvalue weighted by atomic mass is 15.2. The maximum Gasteiger partial charge on any atom is 0.0152 e. The van der Waals surface area contributed by atoms with E-state index in [1.807, 2.05) is 0 Å². The fraction of sp³-hybridized carbons (Fsp3) is 1.00. The minimum absolute atomic E-state index is 0.278. The fourth-order valence-electron chi connectivity index (χ4n) is 3.61. The predicted octanol–water partition coefficient (Wildman–Crippen LogP) is 2.89. The third-order valence-corrected chi connectivity index (χ3v) is 4.87. The van der Waals surface area contributed by atoms with Crippen LogP contribution in [-0.2, 0) is 0 Å². The lowest BCUT2D eigenvalue weighted by molar-refractivity contribution is 0.186. The van der Waals surface area contributed by atoms with E-state index in [1.165, 1.54) is 51.7 Å². The SMILES string of the molecule is CC(C)(C)NCC1CCN(C(C2CC2)C2CC2)C1. The predicted molar refractivity (Wildman–Crippen MR) is 76.7 cm³/mol. The van der Waals surface area contributed by atoms with Crippen molar-refractivity contribution in [1.29, 1.82) is 0 Å². The van der Waals surface area contributed by atoms with Gasteiger partial charge in [0.05, 0.1) is 0 Å². The molecule has 1 saturated heterocycles. The molecule has 0 aromatic rings. The molecule has 0 amide bonds. The van der Waals surface area contributed by atoms with Gasteiger partial charge >= 0.3 is 0 Å². The molecule has 0 bridgehead atoms. The minimum Gasteiger partial charge on any atom is -0.312 e. The molecule has 3 fully saturated rings. The Balaban J connectivity index is 1.48. The van der Waals surface area contributed by atoms with Gasteiger partial charge in [0.1, 0.15) is 0 Å². The molecule has 0 aromatic carbocycles. The molecule has 1 heterocycles. The van der Waals surface area contributed by atoms with Gasteiger partial charge in [-0.05, 0) is 83.7 Å². The highest BCUT2D eigenvalue weighted by molar-refractivity contribution is 4.99. The first kappa shape index (κ1) is 12.9. The minimum atomic E-state index is 0.278. The Labute approximate surface area is 113 Å². The van der Waals surface area contributed by atoms with Gasteiger partial charge in [0.15, 0.2) is 0 Å². The van der Waals surface area contributed by atoms with Crippen molar-refractivity contribution in [1.82, 2.24) is 10.2 Å². The molecule has 2 nitrogen and oxygen atoms in total. The molecule has 3 rings (SSSR count). The largest absolute Gasteiger partial charge is 0.312 e. The number of hydrogen-bond acceptors (Lipinski definition) is 2. The van der Waals surface area contributed by atoms with Gasteiger partial charge in [-0.1, -0.05) is 0 Å². The van der Waals surface area contributed by atoms with Crippen LogP contribution in [0.4, 0.5) is 0 Å². The van der Waals surface area contributed by atoms with Gasteiger partial charge in [0.2, 0.25) is 0 Å². The van der Waals surface area contributed by atoms with Crippen LogP contribution < -0.4 is 5.32 Å². The van der Waals surface area contributed by atoms with E-state index in [1.54, 1.807) is 0 Å². The molecule has 3 aliphatic rings. The third-order valence-electron chi connectivity index (χ3n) is 4.87. The lowest BCUT2D eigenvalue weighted by Crippen LogP contribution is -2.41. The van der Waals surface area contributed by atoms with E-state index >= 15 is 0 Å². The summed E-state index contributed by atoms with van der Waals surface area (Å²) in [7, 11) is 0. The summed E-state index contributed by atoms with van der Waals surface area (Å²) in [5.41, 5.74) is 0.278. The molecule has 2 aliphatic carbocycles. The number of likely N-dealkylation sites (tertiary alicyclic amines) is 1. The van der Waals surface area contributed by atoms with Crippen LogP contribution in [0.15, 0.2) is 0 Å². The van der Waals surface area contributed by atoms with Crippen molar-refractivity contribution in [2.75, 3.05) is 19.6 Å². The van der Waals surface area contributed by atoms with Crippen LogP contribution >= 0.6 is 0 Å². The fourth-order valence-corrected chi connectivity index (χ4v) is 3.61.